The maximum atomic E-state index is 12.9. The minimum atomic E-state index is -0.312. The van der Waals surface area contributed by atoms with Crippen LogP contribution in [0.25, 0.3) is 0 Å². The van der Waals surface area contributed by atoms with Crippen LogP contribution >= 0.6 is 23.8 Å². The zero-order valence-corrected chi connectivity index (χ0v) is 15.5. The number of hydrogen-bond donors (Lipinski definition) is 3. The first kappa shape index (κ1) is 17.5. The quantitative estimate of drug-likeness (QED) is 0.711. The number of allylic oxidation sites excluding steroid dienone is 1. The molecule has 1 aliphatic rings. The highest BCUT2D eigenvalue weighted by Gasteiger charge is 2.29. The van der Waals surface area contributed by atoms with Crippen LogP contribution in [0.2, 0.25) is 5.02 Å². The Labute approximate surface area is 157 Å². The first-order valence-electron chi connectivity index (χ1n) is 7.86. The van der Waals surface area contributed by atoms with Gasteiger partial charge in [0.2, 0.25) is 0 Å². The van der Waals surface area contributed by atoms with Gasteiger partial charge in [0.05, 0.1) is 11.6 Å². The predicted octanol–water partition coefficient (Wildman–Crippen LogP) is 4.08. The van der Waals surface area contributed by atoms with Gasteiger partial charge in [0.15, 0.2) is 5.11 Å². The minimum absolute atomic E-state index is 0.201. The summed E-state index contributed by atoms with van der Waals surface area (Å²) in [5, 5.41) is 10.2. The molecular weight excluding hydrogens is 354 g/mol. The van der Waals surface area contributed by atoms with E-state index in [1.807, 2.05) is 38.1 Å². The number of amides is 1. The average Bonchev–Trinajstić information content (AvgIpc) is 2.54. The van der Waals surface area contributed by atoms with Crippen LogP contribution in [-0.4, -0.2) is 11.0 Å². The molecule has 2 aromatic rings. The molecule has 6 heteroatoms. The van der Waals surface area contributed by atoms with E-state index in [2.05, 4.69) is 16.0 Å². The summed E-state index contributed by atoms with van der Waals surface area (Å²) in [7, 11) is 0. The lowest BCUT2D eigenvalue weighted by Gasteiger charge is -2.30. The van der Waals surface area contributed by atoms with E-state index in [0.29, 0.717) is 21.4 Å². The van der Waals surface area contributed by atoms with Crippen molar-refractivity contribution in [2.75, 3.05) is 5.32 Å². The molecule has 1 atom stereocenters. The molecule has 0 saturated carbocycles. The molecule has 25 heavy (non-hydrogen) atoms. The number of halogens is 1. The standard InChI is InChI=1S/C19H18ClN3OS/c1-11-6-8-13(9-7-11)17-16(12(2)21-19(25)23-17)18(24)22-15-5-3-4-14(20)10-15/h3-10,17H,1-2H3,(H,22,24)(H2,21,23,25)/t17-/m1/s1. The molecule has 1 aliphatic heterocycles. The molecule has 4 nitrogen and oxygen atoms in total. The van der Waals surface area contributed by atoms with Crippen molar-refractivity contribution >= 4 is 40.5 Å². The molecule has 0 unspecified atom stereocenters. The van der Waals surface area contributed by atoms with Crippen molar-refractivity contribution < 1.29 is 4.79 Å². The van der Waals surface area contributed by atoms with Crippen LogP contribution in [0.5, 0.6) is 0 Å². The predicted molar refractivity (Wildman–Crippen MR) is 106 cm³/mol. The lowest BCUT2D eigenvalue weighted by Crippen LogP contribution is -2.45. The minimum Gasteiger partial charge on any atom is -0.351 e. The molecular formula is C19H18ClN3OS. The second-order valence-electron chi connectivity index (χ2n) is 5.95. The summed E-state index contributed by atoms with van der Waals surface area (Å²) in [6, 6.07) is 14.8. The molecule has 0 aliphatic carbocycles. The Hall–Kier alpha value is -2.37. The molecule has 1 amide bonds. The van der Waals surface area contributed by atoms with Crippen LogP contribution in [-0.2, 0) is 4.79 Å². The highest BCUT2D eigenvalue weighted by atomic mass is 35.5. The van der Waals surface area contributed by atoms with Gasteiger partial charge in [-0.1, -0.05) is 47.5 Å². The zero-order chi connectivity index (χ0) is 18.0. The van der Waals surface area contributed by atoms with Crippen molar-refractivity contribution in [2.45, 2.75) is 19.9 Å². The van der Waals surface area contributed by atoms with Gasteiger partial charge >= 0.3 is 0 Å². The number of carbonyl (C=O) groups is 1. The van der Waals surface area contributed by atoms with E-state index in [4.69, 9.17) is 23.8 Å². The van der Waals surface area contributed by atoms with Crippen molar-refractivity contribution in [1.82, 2.24) is 10.6 Å². The highest BCUT2D eigenvalue weighted by molar-refractivity contribution is 7.80. The normalized spacial score (nSPS) is 16.9. The van der Waals surface area contributed by atoms with Gasteiger partial charge in [0.1, 0.15) is 0 Å². The summed E-state index contributed by atoms with van der Waals surface area (Å²) < 4.78 is 0. The number of thiocarbonyl (C=S) groups is 1. The summed E-state index contributed by atoms with van der Waals surface area (Å²) in [6.07, 6.45) is 0. The Bertz CT molecular complexity index is 861. The van der Waals surface area contributed by atoms with Crippen LogP contribution in [0.1, 0.15) is 24.1 Å². The van der Waals surface area contributed by atoms with Crippen LogP contribution in [0.15, 0.2) is 59.8 Å². The molecule has 3 rings (SSSR count). The van der Waals surface area contributed by atoms with Gasteiger partial charge in [0, 0.05) is 16.4 Å². The first-order chi connectivity index (χ1) is 11.9. The van der Waals surface area contributed by atoms with E-state index in [-0.39, 0.29) is 11.9 Å². The molecule has 0 radical (unpaired) electrons. The number of benzene rings is 2. The fourth-order valence-electron chi connectivity index (χ4n) is 2.77. The molecule has 0 spiro atoms. The van der Waals surface area contributed by atoms with E-state index >= 15 is 0 Å². The zero-order valence-electron chi connectivity index (χ0n) is 13.9. The topological polar surface area (TPSA) is 53.2 Å². The van der Waals surface area contributed by atoms with Gasteiger partial charge < -0.3 is 16.0 Å². The molecule has 3 N–H and O–H groups in total. The van der Waals surface area contributed by atoms with Gasteiger partial charge in [-0.15, -0.1) is 0 Å². The fourth-order valence-corrected chi connectivity index (χ4v) is 3.23. The van der Waals surface area contributed by atoms with Gasteiger partial charge in [-0.3, -0.25) is 4.79 Å². The van der Waals surface area contributed by atoms with E-state index in [9.17, 15) is 4.79 Å². The Morgan fingerprint density at radius 1 is 1.16 bits per heavy atom. The van der Waals surface area contributed by atoms with E-state index < -0.39 is 0 Å². The van der Waals surface area contributed by atoms with E-state index in [1.54, 1.807) is 24.3 Å². The summed E-state index contributed by atoms with van der Waals surface area (Å²) in [5.74, 6) is -0.201. The Morgan fingerprint density at radius 3 is 2.56 bits per heavy atom. The van der Waals surface area contributed by atoms with Crippen LogP contribution in [0.3, 0.4) is 0 Å². The molecule has 0 bridgehead atoms. The molecule has 1 heterocycles. The molecule has 2 aromatic carbocycles. The Balaban J connectivity index is 1.94. The maximum Gasteiger partial charge on any atom is 0.255 e. The Morgan fingerprint density at radius 2 is 1.88 bits per heavy atom. The van der Waals surface area contributed by atoms with Crippen LogP contribution in [0.4, 0.5) is 5.69 Å². The number of carbonyl (C=O) groups excluding carboxylic acids is 1. The second-order valence-corrected chi connectivity index (χ2v) is 6.79. The number of aryl methyl sites for hydroxylation is 1. The van der Waals surface area contributed by atoms with Crippen molar-refractivity contribution in [1.29, 1.82) is 0 Å². The van der Waals surface area contributed by atoms with Crippen LogP contribution in [0, 0.1) is 6.92 Å². The summed E-state index contributed by atoms with van der Waals surface area (Å²) in [4.78, 5) is 12.9. The third kappa shape index (κ3) is 4.00. The second kappa shape index (κ2) is 7.25. The monoisotopic (exact) mass is 371 g/mol. The first-order valence-corrected chi connectivity index (χ1v) is 8.64. The van der Waals surface area contributed by atoms with Gasteiger partial charge in [-0.05, 0) is 49.8 Å². The number of anilines is 1. The molecule has 0 saturated heterocycles. The summed E-state index contributed by atoms with van der Waals surface area (Å²) >= 11 is 11.3. The van der Waals surface area contributed by atoms with Crippen molar-refractivity contribution in [3.05, 3.63) is 76.0 Å². The third-order valence-corrected chi connectivity index (χ3v) is 4.46. The maximum absolute atomic E-state index is 12.9. The van der Waals surface area contributed by atoms with Crippen LogP contribution < -0.4 is 16.0 Å². The lowest BCUT2D eigenvalue weighted by atomic mass is 9.94. The number of rotatable bonds is 3. The van der Waals surface area contributed by atoms with Crippen molar-refractivity contribution in [2.24, 2.45) is 0 Å². The van der Waals surface area contributed by atoms with E-state index in [1.165, 1.54) is 0 Å². The average molecular weight is 372 g/mol. The molecule has 0 aromatic heterocycles. The fraction of sp³-hybridized carbons (Fsp3) is 0.158. The molecule has 0 fully saturated rings. The van der Waals surface area contributed by atoms with Crippen molar-refractivity contribution in [3.8, 4) is 0 Å². The largest absolute Gasteiger partial charge is 0.351 e. The smallest absolute Gasteiger partial charge is 0.255 e. The number of nitrogens with one attached hydrogen (secondary N) is 3. The number of hydrogen-bond acceptors (Lipinski definition) is 2. The van der Waals surface area contributed by atoms with Gasteiger partial charge in [-0.2, -0.15) is 0 Å². The Kier molecular flexibility index (Phi) is 5.06. The van der Waals surface area contributed by atoms with E-state index in [0.717, 1.165) is 16.8 Å². The lowest BCUT2D eigenvalue weighted by molar-refractivity contribution is -0.113. The van der Waals surface area contributed by atoms with Crippen molar-refractivity contribution in [3.63, 3.8) is 0 Å². The summed E-state index contributed by atoms with van der Waals surface area (Å²) in [6.45, 7) is 3.87. The van der Waals surface area contributed by atoms with Gasteiger partial charge in [-0.25, -0.2) is 0 Å². The SMILES string of the molecule is CC1=C(C(=O)Nc2cccc(Cl)c2)[C@@H](c2ccc(C)cc2)NC(=S)N1. The highest BCUT2D eigenvalue weighted by Crippen LogP contribution is 2.28. The third-order valence-electron chi connectivity index (χ3n) is 4.01. The summed E-state index contributed by atoms with van der Waals surface area (Å²) in [5.41, 5.74) is 4.11. The molecule has 128 valence electrons. The van der Waals surface area contributed by atoms with Gasteiger partial charge in [0.25, 0.3) is 5.91 Å².